The fourth-order valence-electron chi connectivity index (χ4n) is 2.48. The van der Waals surface area contributed by atoms with Gasteiger partial charge in [-0.1, -0.05) is 0 Å². The van der Waals surface area contributed by atoms with Crippen molar-refractivity contribution >= 4 is 21.6 Å². The topological polar surface area (TPSA) is 103 Å². The van der Waals surface area contributed by atoms with Gasteiger partial charge >= 0.3 is 0 Å². The van der Waals surface area contributed by atoms with Gasteiger partial charge in [0, 0.05) is 6.04 Å². The Bertz CT molecular complexity index is 942. The second-order valence-corrected chi connectivity index (χ2v) is 8.28. The van der Waals surface area contributed by atoms with Gasteiger partial charge in [0.1, 0.15) is 17.2 Å². The molecule has 0 aromatic heterocycles. The van der Waals surface area contributed by atoms with Crippen molar-refractivity contribution in [3.63, 3.8) is 0 Å². The molecule has 2 aromatic rings. The minimum Gasteiger partial charge on any atom is -0.497 e. The van der Waals surface area contributed by atoms with E-state index >= 15 is 0 Å². The standard InChI is InChI=1S/C20H26N2O6S/c1-13(2)22-29(24,25)17-10-11-19(27-5)18(12-17)21-20(23)14(3)28-16-8-6-15(26-4)7-9-16/h6-14,22H,1-5H3,(H,21,23)/t14-/m0/s1. The third-order valence-electron chi connectivity index (χ3n) is 3.87. The monoisotopic (exact) mass is 422 g/mol. The number of carbonyl (C=O) groups excluding carboxylic acids is 1. The minimum absolute atomic E-state index is 0.0195. The molecule has 0 fully saturated rings. The van der Waals surface area contributed by atoms with Crippen molar-refractivity contribution in [2.75, 3.05) is 19.5 Å². The molecule has 0 saturated heterocycles. The molecule has 8 nitrogen and oxygen atoms in total. The Morgan fingerprint density at radius 2 is 1.55 bits per heavy atom. The lowest BCUT2D eigenvalue weighted by Crippen LogP contribution is -2.31. The normalized spacial score (nSPS) is 12.3. The van der Waals surface area contributed by atoms with Gasteiger partial charge in [0.05, 0.1) is 24.8 Å². The molecular weight excluding hydrogens is 396 g/mol. The second kappa shape index (κ2) is 9.62. The van der Waals surface area contributed by atoms with Crippen LogP contribution in [0.25, 0.3) is 0 Å². The highest BCUT2D eigenvalue weighted by molar-refractivity contribution is 7.89. The van der Waals surface area contributed by atoms with Crippen molar-refractivity contribution in [2.45, 2.75) is 37.8 Å². The lowest BCUT2D eigenvalue weighted by Gasteiger charge is -2.17. The van der Waals surface area contributed by atoms with Crippen LogP contribution in [-0.2, 0) is 14.8 Å². The maximum atomic E-state index is 12.6. The molecule has 29 heavy (non-hydrogen) atoms. The summed E-state index contributed by atoms with van der Waals surface area (Å²) in [5.74, 6) is 1.05. The van der Waals surface area contributed by atoms with E-state index in [9.17, 15) is 13.2 Å². The average molecular weight is 423 g/mol. The zero-order valence-corrected chi connectivity index (χ0v) is 17.9. The van der Waals surface area contributed by atoms with Crippen molar-refractivity contribution in [1.82, 2.24) is 4.72 Å². The summed E-state index contributed by atoms with van der Waals surface area (Å²) in [6, 6.07) is 10.8. The van der Waals surface area contributed by atoms with Crippen LogP contribution in [0.2, 0.25) is 0 Å². The summed E-state index contributed by atoms with van der Waals surface area (Å²) in [4.78, 5) is 12.6. The number of hydrogen-bond donors (Lipinski definition) is 2. The number of amides is 1. The molecule has 0 aliphatic carbocycles. The molecule has 0 heterocycles. The van der Waals surface area contributed by atoms with Crippen LogP contribution in [0.1, 0.15) is 20.8 Å². The molecule has 0 saturated carbocycles. The molecule has 1 atom stereocenters. The first kappa shape index (κ1) is 22.5. The van der Waals surface area contributed by atoms with E-state index in [1.807, 2.05) is 0 Å². The highest BCUT2D eigenvalue weighted by Gasteiger charge is 2.21. The highest BCUT2D eigenvalue weighted by Crippen LogP contribution is 2.28. The Labute approximate surface area is 171 Å². The fourth-order valence-corrected chi connectivity index (χ4v) is 3.75. The molecular formula is C20H26N2O6S. The van der Waals surface area contributed by atoms with E-state index in [1.165, 1.54) is 25.3 Å². The number of hydrogen-bond acceptors (Lipinski definition) is 6. The molecule has 0 aliphatic rings. The van der Waals surface area contributed by atoms with E-state index in [2.05, 4.69) is 10.0 Å². The minimum atomic E-state index is -3.72. The second-order valence-electron chi connectivity index (χ2n) is 6.56. The third kappa shape index (κ3) is 6.10. The van der Waals surface area contributed by atoms with Gasteiger partial charge in [0.15, 0.2) is 6.10 Å². The predicted molar refractivity (Wildman–Crippen MR) is 110 cm³/mol. The number of carbonyl (C=O) groups is 1. The van der Waals surface area contributed by atoms with Crippen LogP contribution < -0.4 is 24.2 Å². The SMILES string of the molecule is COc1ccc(O[C@@H](C)C(=O)Nc2cc(S(=O)(=O)NC(C)C)ccc2OC)cc1. The van der Waals surface area contributed by atoms with Crippen LogP contribution in [0.3, 0.4) is 0 Å². The molecule has 0 spiro atoms. The number of anilines is 1. The number of sulfonamides is 1. The lowest BCUT2D eigenvalue weighted by atomic mass is 10.2. The van der Waals surface area contributed by atoms with E-state index in [0.717, 1.165) is 0 Å². The zero-order chi connectivity index (χ0) is 21.6. The summed E-state index contributed by atoms with van der Waals surface area (Å²) in [6.45, 7) is 5.04. The zero-order valence-electron chi connectivity index (χ0n) is 17.1. The number of methoxy groups -OCH3 is 2. The fraction of sp³-hybridized carbons (Fsp3) is 0.350. The highest BCUT2D eigenvalue weighted by atomic mass is 32.2. The van der Waals surface area contributed by atoms with Crippen LogP contribution in [0.5, 0.6) is 17.2 Å². The summed E-state index contributed by atoms with van der Waals surface area (Å²) in [5.41, 5.74) is 0.231. The number of rotatable bonds is 9. The van der Waals surface area contributed by atoms with Gasteiger partial charge in [-0.2, -0.15) is 0 Å². The number of nitrogens with one attached hydrogen (secondary N) is 2. The van der Waals surface area contributed by atoms with E-state index in [-0.39, 0.29) is 16.6 Å². The molecule has 1 amide bonds. The summed E-state index contributed by atoms with van der Waals surface area (Å²) in [6.07, 6.45) is -0.831. The summed E-state index contributed by atoms with van der Waals surface area (Å²) >= 11 is 0. The molecule has 0 bridgehead atoms. The van der Waals surface area contributed by atoms with Gasteiger partial charge in [-0.3, -0.25) is 4.79 Å². The van der Waals surface area contributed by atoms with Gasteiger partial charge < -0.3 is 19.5 Å². The van der Waals surface area contributed by atoms with Gasteiger partial charge in [-0.05, 0) is 63.2 Å². The van der Waals surface area contributed by atoms with E-state index < -0.39 is 22.0 Å². The van der Waals surface area contributed by atoms with Gasteiger partial charge in [0.25, 0.3) is 5.91 Å². The maximum Gasteiger partial charge on any atom is 0.265 e. The molecule has 2 N–H and O–H groups in total. The summed E-state index contributed by atoms with van der Waals surface area (Å²) in [7, 11) is -0.725. The lowest BCUT2D eigenvalue weighted by molar-refractivity contribution is -0.122. The quantitative estimate of drug-likeness (QED) is 0.644. The van der Waals surface area contributed by atoms with Crippen LogP contribution >= 0.6 is 0 Å². The molecule has 2 aromatic carbocycles. The Kier molecular flexibility index (Phi) is 7.46. The van der Waals surface area contributed by atoms with Gasteiger partial charge in [-0.15, -0.1) is 0 Å². The van der Waals surface area contributed by atoms with Crippen LogP contribution in [0.15, 0.2) is 47.4 Å². The molecule has 158 valence electrons. The van der Waals surface area contributed by atoms with Crippen molar-refractivity contribution < 1.29 is 27.4 Å². The summed E-state index contributed by atoms with van der Waals surface area (Å²) < 4.78 is 43.3. The molecule has 0 radical (unpaired) electrons. The van der Waals surface area contributed by atoms with Crippen molar-refractivity contribution in [3.05, 3.63) is 42.5 Å². The van der Waals surface area contributed by atoms with Gasteiger partial charge in [-0.25, -0.2) is 13.1 Å². The van der Waals surface area contributed by atoms with Crippen LogP contribution in [-0.4, -0.2) is 40.7 Å². The molecule has 0 aliphatic heterocycles. The average Bonchev–Trinajstić information content (AvgIpc) is 2.67. The molecule has 9 heteroatoms. The van der Waals surface area contributed by atoms with Crippen molar-refractivity contribution in [2.24, 2.45) is 0 Å². The maximum absolute atomic E-state index is 12.6. The number of benzene rings is 2. The first-order chi connectivity index (χ1) is 13.7. The molecule has 2 rings (SSSR count). The van der Waals surface area contributed by atoms with Crippen LogP contribution in [0, 0.1) is 0 Å². The third-order valence-corrected chi connectivity index (χ3v) is 5.53. The largest absolute Gasteiger partial charge is 0.497 e. The predicted octanol–water partition coefficient (Wildman–Crippen LogP) is 2.80. The van der Waals surface area contributed by atoms with Crippen LogP contribution in [0.4, 0.5) is 5.69 Å². The Balaban J connectivity index is 2.17. The Hall–Kier alpha value is -2.78. The smallest absolute Gasteiger partial charge is 0.265 e. The molecule has 0 unspecified atom stereocenters. The van der Waals surface area contributed by atoms with Crippen molar-refractivity contribution in [1.29, 1.82) is 0 Å². The van der Waals surface area contributed by atoms with E-state index in [1.54, 1.807) is 52.1 Å². The summed E-state index contributed by atoms with van der Waals surface area (Å²) in [5, 5.41) is 2.66. The Morgan fingerprint density at radius 1 is 0.931 bits per heavy atom. The first-order valence-corrected chi connectivity index (χ1v) is 10.5. The van der Waals surface area contributed by atoms with Crippen molar-refractivity contribution in [3.8, 4) is 17.2 Å². The number of ether oxygens (including phenoxy) is 3. The Morgan fingerprint density at radius 3 is 2.10 bits per heavy atom. The van der Waals surface area contributed by atoms with E-state index in [4.69, 9.17) is 14.2 Å². The van der Waals surface area contributed by atoms with E-state index in [0.29, 0.717) is 17.2 Å². The first-order valence-electron chi connectivity index (χ1n) is 8.98. The van der Waals surface area contributed by atoms with Gasteiger partial charge in [0.2, 0.25) is 10.0 Å².